The van der Waals surface area contributed by atoms with Gasteiger partial charge in [-0.05, 0) is 26.2 Å². The topological polar surface area (TPSA) is 73.0 Å². The molecule has 1 N–H and O–H groups in total. The van der Waals surface area contributed by atoms with Crippen molar-refractivity contribution in [2.45, 2.75) is 78.8 Å². The van der Waals surface area contributed by atoms with Gasteiger partial charge in [0.2, 0.25) is 5.82 Å². The maximum Gasteiger partial charge on any atom is 0.333 e. The van der Waals surface area contributed by atoms with E-state index >= 15 is 0 Å². The Morgan fingerprint density at radius 1 is 1.24 bits per heavy atom. The van der Waals surface area contributed by atoms with Gasteiger partial charge in [-0.25, -0.2) is 4.68 Å². The van der Waals surface area contributed by atoms with Crippen molar-refractivity contribution in [2.24, 2.45) is 0 Å². The quantitative estimate of drug-likeness (QED) is 0.516. The van der Waals surface area contributed by atoms with E-state index in [9.17, 15) is 10.1 Å². The highest BCUT2D eigenvalue weighted by Gasteiger charge is 2.26. The van der Waals surface area contributed by atoms with Gasteiger partial charge in [-0.3, -0.25) is 10.1 Å². The Labute approximate surface area is 127 Å². The van der Waals surface area contributed by atoms with Crippen LogP contribution in [0.15, 0.2) is 0 Å². The minimum Gasteiger partial charge on any atom is -0.362 e. The second-order valence-electron chi connectivity index (χ2n) is 5.54. The zero-order valence-corrected chi connectivity index (χ0v) is 13.7. The maximum atomic E-state index is 11.3. The summed E-state index contributed by atoms with van der Waals surface area (Å²) in [7, 11) is 0. The first-order valence-corrected chi connectivity index (χ1v) is 8.03. The number of nitrogens with zero attached hydrogens (tertiary/aromatic N) is 3. The molecule has 1 aromatic rings. The summed E-state index contributed by atoms with van der Waals surface area (Å²) in [6.45, 7) is 8.76. The van der Waals surface area contributed by atoms with Crippen LogP contribution >= 0.6 is 0 Å². The average molecular weight is 296 g/mol. The maximum absolute atomic E-state index is 11.3. The number of aryl methyl sites for hydroxylation is 2. The summed E-state index contributed by atoms with van der Waals surface area (Å²) < 4.78 is 1.75. The van der Waals surface area contributed by atoms with Crippen molar-refractivity contribution >= 4 is 11.5 Å². The Bertz CT molecular complexity index is 457. The van der Waals surface area contributed by atoms with E-state index in [-0.39, 0.29) is 16.7 Å². The summed E-state index contributed by atoms with van der Waals surface area (Å²) in [4.78, 5) is 11.0. The highest BCUT2D eigenvalue weighted by atomic mass is 16.6. The number of nitro groups is 1. The van der Waals surface area contributed by atoms with Crippen LogP contribution in [0.1, 0.15) is 65.0 Å². The van der Waals surface area contributed by atoms with Crippen molar-refractivity contribution in [1.29, 1.82) is 0 Å². The number of hydrogen-bond acceptors (Lipinski definition) is 4. The standard InChI is InChI=1S/C15H28N4O2/c1-5-8-10-13(9-6-2)16-15-14(19(20)21)12(4)17-18(15)11-7-3/h13,16H,5-11H2,1-4H3. The van der Waals surface area contributed by atoms with Crippen molar-refractivity contribution in [3.05, 3.63) is 15.8 Å². The molecular weight excluding hydrogens is 268 g/mol. The molecule has 21 heavy (non-hydrogen) atoms. The van der Waals surface area contributed by atoms with Crippen LogP contribution in [0.3, 0.4) is 0 Å². The molecule has 0 spiro atoms. The lowest BCUT2D eigenvalue weighted by Crippen LogP contribution is -2.22. The van der Waals surface area contributed by atoms with Gasteiger partial charge in [-0.15, -0.1) is 0 Å². The van der Waals surface area contributed by atoms with Gasteiger partial charge in [0.1, 0.15) is 5.69 Å². The Kier molecular flexibility index (Phi) is 7.19. The molecule has 0 aromatic carbocycles. The van der Waals surface area contributed by atoms with Crippen molar-refractivity contribution < 1.29 is 4.92 Å². The van der Waals surface area contributed by atoms with E-state index in [1.807, 2.05) is 6.92 Å². The van der Waals surface area contributed by atoms with E-state index in [2.05, 4.69) is 24.3 Å². The van der Waals surface area contributed by atoms with Gasteiger partial charge in [0, 0.05) is 12.6 Å². The summed E-state index contributed by atoms with van der Waals surface area (Å²) in [5.41, 5.74) is 0.614. The van der Waals surface area contributed by atoms with E-state index in [1.165, 1.54) is 0 Å². The minimum atomic E-state index is -0.320. The second kappa shape index (κ2) is 8.64. The third kappa shape index (κ3) is 4.72. The molecule has 1 unspecified atom stereocenters. The normalized spacial score (nSPS) is 12.4. The van der Waals surface area contributed by atoms with Gasteiger partial charge in [-0.1, -0.05) is 40.0 Å². The van der Waals surface area contributed by atoms with Crippen molar-refractivity contribution in [2.75, 3.05) is 5.32 Å². The van der Waals surface area contributed by atoms with Crippen molar-refractivity contribution in [1.82, 2.24) is 9.78 Å². The minimum absolute atomic E-state index is 0.126. The van der Waals surface area contributed by atoms with E-state index < -0.39 is 0 Å². The van der Waals surface area contributed by atoms with E-state index in [1.54, 1.807) is 11.6 Å². The van der Waals surface area contributed by atoms with Gasteiger partial charge < -0.3 is 5.32 Å². The van der Waals surface area contributed by atoms with E-state index in [0.717, 1.165) is 38.5 Å². The molecule has 0 radical (unpaired) electrons. The predicted molar refractivity (Wildman–Crippen MR) is 85.8 cm³/mol. The van der Waals surface area contributed by atoms with Crippen LogP contribution in [-0.2, 0) is 6.54 Å². The lowest BCUT2D eigenvalue weighted by atomic mass is 10.1. The van der Waals surface area contributed by atoms with Crippen LogP contribution in [0.5, 0.6) is 0 Å². The van der Waals surface area contributed by atoms with Crippen LogP contribution in [0.2, 0.25) is 0 Å². The highest BCUT2D eigenvalue weighted by molar-refractivity contribution is 5.60. The van der Waals surface area contributed by atoms with Gasteiger partial charge in [-0.2, -0.15) is 5.10 Å². The summed E-state index contributed by atoms with van der Waals surface area (Å²) in [5, 5.41) is 19.1. The Morgan fingerprint density at radius 2 is 1.95 bits per heavy atom. The predicted octanol–water partition coefficient (Wildman–Crippen LogP) is 4.28. The molecule has 1 heterocycles. The highest BCUT2D eigenvalue weighted by Crippen LogP contribution is 2.30. The number of nitrogens with one attached hydrogen (secondary N) is 1. The molecular formula is C15H28N4O2. The number of rotatable bonds is 10. The monoisotopic (exact) mass is 296 g/mol. The third-order valence-electron chi connectivity index (χ3n) is 3.60. The molecule has 0 aliphatic carbocycles. The lowest BCUT2D eigenvalue weighted by molar-refractivity contribution is -0.384. The van der Waals surface area contributed by atoms with Gasteiger partial charge in [0.15, 0.2) is 0 Å². The molecule has 1 rings (SSSR count). The summed E-state index contributed by atoms with van der Waals surface area (Å²) in [6, 6.07) is 0.278. The molecule has 0 fully saturated rings. The first kappa shape index (κ1) is 17.5. The summed E-state index contributed by atoms with van der Waals surface area (Å²) >= 11 is 0. The lowest BCUT2D eigenvalue weighted by Gasteiger charge is -2.19. The second-order valence-corrected chi connectivity index (χ2v) is 5.54. The SMILES string of the molecule is CCCCC(CCC)Nc1c([N+](=O)[O-])c(C)nn1CCC. The average Bonchev–Trinajstić information content (AvgIpc) is 2.73. The van der Waals surface area contributed by atoms with Crippen LogP contribution in [-0.4, -0.2) is 20.7 Å². The number of unbranched alkanes of at least 4 members (excludes halogenated alkanes) is 1. The zero-order valence-electron chi connectivity index (χ0n) is 13.7. The van der Waals surface area contributed by atoms with Crippen LogP contribution < -0.4 is 5.32 Å². The molecule has 0 aliphatic heterocycles. The Hall–Kier alpha value is -1.59. The summed E-state index contributed by atoms with van der Waals surface area (Å²) in [5.74, 6) is 0.578. The molecule has 0 saturated heterocycles. The van der Waals surface area contributed by atoms with E-state index in [0.29, 0.717) is 18.1 Å². The fraction of sp³-hybridized carbons (Fsp3) is 0.800. The largest absolute Gasteiger partial charge is 0.362 e. The molecule has 1 aromatic heterocycles. The van der Waals surface area contributed by atoms with Crippen LogP contribution in [0, 0.1) is 17.0 Å². The molecule has 0 saturated carbocycles. The van der Waals surface area contributed by atoms with Crippen molar-refractivity contribution in [3.8, 4) is 0 Å². The first-order chi connectivity index (χ1) is 10.0. The fourth-order valence-corrected chi connectivity index (χ4v) is 2.59. The number of aromatic nitrogens is 2. The van der Waals surface area contributed by atoms with Gasteiger partial charge in [0.25, 0.3) is 0 Å². The molecule has 1 atom stereocenters. The smallest absolute Gasteiger partial charge is 0.333 e. The summed E-state index contributed by atoms with van der Waals surface area (Å²) in [6.07, 6.45) is 6.30. The third-order valence-corrected chi connectivity index (χ3v) is 3.60. The first-order valence-electron chi connectivity index (χ1n) is 8.03. The number of anilines is 1. The molecule has 120 valence electrons. The Morgan fingerprint density at radius 3 is 2.48 bits per heavy atom. The Balaban J connectivity index is 3.03. The number of hydrogen-bond donors (Lipinski definition) is 1. The van der Waals surface area contributed by atoms with Gasteiger partial charge in [0.05, 0.1) is 4.92 Å². The van der Waals surface area contributed by atoms with Crippen LogP contribution in [0.4, 0.5) is 11.5 Å². The molecule has 6 heteroatoms. The molecule has 0 amide bonds. The molecule has 0 aliphatic rings. The fourth-order valence-electron chi connectivity index (χ4n) is 2.59. The van der Waals surface area contributed by atoms with Crippen molar-refractivity contribution in [3.63, 3.8) is 0 Å². The molecule has 0 bridgehead atoms. The van der Waals surface area contributed by atoms with Crippen LogP contribution in [0.25, 0.3) is 0 Å². The zero-order chi connectivity index (χ0) is 15.8. The molecule has 6 nitrogen and oxygen atoms in total. The van der Waals surface area contributed by atoms with E-state index in [4.69, 9.17) is 0 Å². The van der Waals surface area contributed by atoms with Gasteiger partial charge >= 0.3 is 5.69 Å².